The fourth-order valence-electron chi connectivity index (χ4n) is 1.87. The van der Waals surface area contributed by atoms with Crippen LogP contribution in [0.4, 0.5) is 0 Å². The summed E-state index contributed by atoms with van der Waals surface area (Å²) in [4.78, 5) is 5.60. The average molecular weight is 179 g/mol. The standard InChI is InChI=1S/C8H9N3S/c1-5-2-3-6-7(5)10-8-11(6)9-4-12-8/h4-5H,2-3H2,1H3. The molecule has 1 unspecified atom stereocenters. The van der Waals surface area contributed by atoms with Crippen molar-refractivity contribution in [2.75, 3.05) is 0 Å². The first-order valence-corrected chi connectivity index (χ1v) is 5.05. The van der Waals surface area contributed by atoms with Crippen LogP contribution in [0.15, 0.2) is 5.51 Å². The molecule has 1 aliphatic carbocycles. The molecule has 2 aromatic rings. The first-order valence-electron chi connectivity index (χ1n) is 4.17. The Morgan fingerprint density at radius 1 is 1.67 bits per heavy atom. The van der Waals surface area contributed by atoms with Crippen molar-refractivity contribution >= 4 is 16.3 Å². The summed E-state index contributed by atoms with van der Waals surface area (Å²) < 4.78 is 1.99. The van der Waals surface area contributed by atoms with Gasteiger partial charge in [0.25, 0.3) is 0 Å². The number of hydrogen-bond donors (Lipinski definition) is 0. The van der Waals surface area contributed by atoms with Crippen LogP contribution < -0.4 is 0 Å². The smallest absolute Gasteiger partial charge is 0.212 e. The molecule has 0 saturated heterocycles. The zero-order valence-electron chi connectivity index (χ0n) is 6.82. The van der Waals surface area contributed by atoms with E-state index in [-0.39, 0.29) is 0 Å². The van der Waals surface area contributed by atoms with E-state index in [9.17, 15) is 0 Å². The zero-order chi connectivity index (χ0) is 8.13. The number of aromatic nitrogens is 3. The minimum absolute atomic E-state index is 0.633. The van der Waals surface area contributed by atoms with Crippen molar-refractivity contribution in [1.82, 2.24) is 14.6 Å². The van der Waals surface area contributed by atoms with E-state index < -0.39 is 0 Å². The molecule has 2 aromatic heterocycles. The molecule has 0 radical (unpaired) electrons. The van der Waals surface area contributed by atoms with Gasteiger partial charge in [-0.05, 0) is 12.8 Å². The highest BCUT2D eigenvalue weighted by Gasteiger charge is 2.25. The normalized spacial score (nSPS) is 21.9. The van der Waals surface area contributed by atoms with Gasteiger partial charge in [-0.3, -0.25) is 0 Å². The average Bonchev–Trinajstić information content (AvgIpc) is 2.63. The van der Waals surface area contributed by atoms with Crippen LogP contribution in [-0.4, -0.2) is 14.6 Å². The lowest BCUT2D eigenvalue weighted by Crippen LogP contribution is -1.88. The summed E-state index contributed by atoms with van der Waals surface area (Å²) in [5.41, 5.74) is 4.46. The molecular weight excluding hydrogens is 170 g/mol. The van der Waals surface area contributed by atoms with Gasteiger partial charge in [0.05, 0.1) is 11.4 Å². The Morgan fingerprint density at radius 3 is 3.50 bits per heavy atom. The zero-order valence-corrected chi connectivity index (χ0v) is 7.64. The number of nitrogens with zero attached hydrogens (tertiary/aromatic N) is 3. The fourth-order valence-corrected chi connectivity index (χ4v) is 2.51. The largest absolute Gasteiger partial charge is 0.222 e. The molecule has 2 heterocycles. The molecule has 0 aromatic carbocycles. The maximum atomic E-state index is 4.55. The summed E-state index contributed by atoms with van der Waals surface area (Å²) in [7, 11) is 0. The Kier molecular flexibility index (Phi) is 1.14. The SMILES string of the molecule is CC1CCc2c1nc1scnn21. The van der Waals surface area contributed by atoms with Gasteiger partial charge in [0, 0.05) is 5.92 Å². The Bertz CT molecular complexity index is 428. The van der Waals surface area contributed by atoms with Gasteiger partial charge in [0.2, 0.25) is 4.96 Å². The van der Waals surface area contributed by atoms with Crippen molar-refractivity contribution in [3.63, 3.8) is 0 Å². The van der Waals surface area contributed by atoms with Gasteiger partial charge in [-0.2, -0.15) is 5.10 Å². The molecule has 62 valence electrons. The summed E-state index contributed by atoms with van der Waals surface area (Å²) in [5, 5.41) is 4.26. The fraction of sp³-hybridized carbons (Fsp3) is 0.500. The number of fused-ring (bicyclic) bond motifs is 3. The third-order valence-electron chi connectivity index (χ3n) is 2.55. The van der Waals surface area contributed by atoms with E-state index in [1.807, 2.05) is 10.0 Å². The van der Waals surface area contributed by atoms with Gasteiger partial charge in [-0.15, -0.1) is 0 Å². The predicted molar refractivity (Wildman–Crippen MR) is 47.6 cm³/mol. The molecule has 0 saturated carbocycles. The molecular formula is C8H9N3S. The van der Waals surface area contributed by atoms with Gasteiger partial charge in [-0.25, -0.2) is 9.50 Å². The van der Waals surface area contributed by atoms with Crippen LogP contribution in [0.1, 0.15) is 30.7 Å². The van der Waals surface area contributed by atoms with Crippen LogP contribution in [0.2, 0.25) is 0 Å². The molecule has 0 amide bonds. The summed E-state index contributed by atoms with van der Waals surface area (Å²) in [6.45, 7) is 2.24. The van der Waals surface area contributed by atoms with Crippen molar-refractivity contribution < 1.29 is 0 Å². The first-order chi connectivity index (χ1) is 5.86. The van der Waals surface area contributed by atoms with Crippen molar-refractivity contribution in [3.8, 4) is 0 Å². The first kappa shape index (κ1) is 6.60. The molecule has 0 aliphatic heterocycles. The third-order valence-corrected chi connectivity index (χ3v) is 3.23. The van der Waals surface area contributed by atoms with E-state index in [0.717, 1.165) is 11.4 Å². The van der Waals surface area contributed by atoms with E-state index in [2.05, 4.69) is 17.0 Å². The van der Waals surface area contributed by atoms with Crippen LogP contribution in [0.3, 0.4) is 0 Å². The second-order valence-electron chi connectivity index (χ2n) is 3.32. The van der Waals surface area contributed by atoms with Gasteiger partial charge in [-0.1, -0.05) is 18.3 Å². The lowest BCUT2D eigenvalue weighted by molar-refractivity contribution is 0.723. The van der Waals surface area contributed by atoms with E-state index in [1.54, 1.807) is 11.3 Å². The molecule has 1 aliphatic rings. The molecule has 3 nitrogen and oxygen atoms in total. The van der Waals surface area contributed by atoms with E-state index in [1.165, 1.54) is 17.8 Å². The number of hydrogen-bond acceptors (Lipinski definition) is 3. The second kappa shape index (κ2) is 2.07. The predicted octanol–water partition coefficient (Wildman–Crippen LogP) is 1.84. The van der Waals surface area contributed by atoms with Gasteiger partial charge >= 0.3 is 0 Å². The molecule has 4 heteroatoms. The van der Waals surface area contributed by atoms with Crippen LogP contribution >= 0.6 is 11.3 Å². The quantitative estimate of drug-likeness (QED) is 0.617. The summed E-state index contributed by atoms with van der Waals surface area (Å²) >= 11 is 1.61. The van der Waals surface area contributed by atoms with Gasteiger partial charge in [0.15, 0.2) is 0 Å². The maximum absolute atomic E-state index is 4.55. The Hall–Kier alpha value is -0.900. The van der Waals surface area contributed by atoms with Crippen molar-refractivity contribution in [3.05, 3.63) is 16.9 Å². The van der Waals surface area contributed by atoms with Crippen LogP contribution in [0.5, 0.6) is 0 Å². The summed E-state index contributed by atoms with van der Waals surface area (Å²) in [6, 6.07) is 0. The molecule has 0 spiro atoms. The Balaban J connectivity index is 2.38. The summed E-state index contributed by atoms with van der Waals surface area (Å²) in [6.07, 6.45) is 2.37. The van der Waals surface area contributed by atoms with Crippen molar-refractivity contribution in [1.29, 1.82) is 0 Å². The van der Waals surface area contributed by atoms with E-state index in [4.69, 9.17) is 0 Å². The van der Waals surface area contributed by atoms with Crippen molar-refractivity contribution in [2.45, 2.75) is 25.7 Å². The molecule has 1 atom stereocenters. The number of rotatable bonds is 0. The highest BCUT2D eigenvalue weighted by atomic mass is 32.1. The third kappa shape index (κ3) is 0.659. The summed E-state index contributed by atoms with van der Waals surface area (Å²) in [5.74, 6) is 0.633. The number of imidazole rings is 1. The van der Waals surface area contributed by atoms with Gasteiger partial charge in [0.1, 0.15) is 5.51 Å². The maximum Gasteiger partial charge on any atom is 0.212 e. The topological polar surface area (TPSA) is 30.2 Å². The number of aryl methyl sites for hydroxylation is 1. The molecule has 0 N–H and O–H groups in total. The van der Waals surface area contributed by atoms with E-state index >= 15 is 0 Å². The molecule has 3 rings (SSSR count). The van der Waals surface area contributed by atoms with Crippen LogP contribution in [0.25, 0.3) is 4.96 Å². The minimum Gasteiger partial charge on any atom is -0.222 e. The van der Waals surface area contributed by atoms with Crippen LogP contribution in [-0.2, 0) is 6.42 Å². The Labute approximate surface area is 74.1 Å². The molecule has 12 heavy (non-hydrogen) atoms. The van der Waals surface area contributed by atoms with Gasteiger partial charge < -0.3 is 0 Å². The lowest BCUT2D eigenvalue weighted by atomic mass is 10.1. The highest BCUT2D eigenvalue weighted by Crippen LogP contribution is 2.32. The van der Waals surface area contributed by atoms with Crippen molar-refractivity contribution in [2.24, 2.45) is 0 Å². The lowest BCUT2D eigenvalue weighted by Gasteiger charge is -1.94. The van der Waals surface area contributed by atoms with Crippen LogP contribution in [0, 0.1) is 0 Å². The molecule has 0 fully saturated rings. The Morgan fingerprint density at radius 2 is 2.58 bits per heavy atom. The minimum atomic E-state index is 0.633. The van der Waals surface area contributed by atoms with E-state index in [0.29, 0.717) is 5.92 Å². The second-order valence-corrected chi connectivity index (χ2v) is 4.13. The molecule has 0 bridgehead atoms. The highest BCUT2D eigenvalue weighted by molar-refractivity contribution is 7.14. The monoisotopic (exact) mass is 179 g/mol.